The molecule has 0 aromatic heterocycles. The molecule has 1 spiro atoms. The summed E-state index contributed by atoms with van der Waals surface area (Å²) in [5.74, 6) is 1.07. The normalized spacial score (nSPS) is 24.6. The number of benzene rings is 2. The van der Waals surface area contributed by atoms with Gasteiger partial charge in [-0.25, -0.2) is 0 Å². The van der Waals surface area contributed by atoms with Gasteiger partial charge in [-0.1, -0.05) is 24.3 Å². The van der Waals surface area contributed by atoms with E-state index in [4.69, 9.17) is 4.74 Å². The van der Waals surface area contributed by atoms with Crippen molar-refractivity contribution in [2.24, 2.45) is 4.99 Å². The number of para-hydroxylation sites is 1. The summed E-state index contributed by atoms with van der Waals surface area (Å²) in [7, 11) is 0. The predicted molar refractivity (Wildman–Crippen MR) is 84.0 cm³/mol. The zero-order valence-corrected chi connectivity index (χ0v) is 11.9. The van der Waals surface area contributed by atoms with Crippen LogP contribution in [-0.4, -0.2) is 12.8 Å². The Labute approximate surface area is 124 Å². The highest BCUT2D eigenvalue weighted by Crippen LogP contribution is 2.49. The summed E-state index contributed by atoms with van der Waals surface area (Å²) in [5, 5.41) is 0. The van der Waals surface area contributed by atoms with Gasteiger partial charge in [0.25, 0.3) is 0 Å². The number of hydrogen-bond donors (Lipinski definition) is 0. The molecule has 1 atom stereocenters. The molecule has 2 aromatic rings. The van der Waals surface area contributed by atoms with Gasteiger partial charge >= 0.3 is 0 Å². The van der Waals surface area contributed by atoms with Crippen LogP contribution in [0.5, 0.6) is 5.75 Å². The Morgan fingerprint density at radius 1 is 0.952 bits per heavy atom. The first-order valence-corrected chi connectivity index (χ1v) is 7.81. The molecule has 0 amide bonds. The van der Waals surface area contributed by atoms with Crippen molar-refractivity contribution >= 4 is 11.9 Å². The van der Waals surface area contributed by atoms with E-state index in [1.165, 1.54) is 47.9 Å². The maximum absolute atomic E-state index is 6.07. The number of hydrogen-bond acceptors (Lipinski definition) is 2. The number of ether oxygens (including phenoxy) is 1. The molecule has 1 unspecified atom stereocenters. The lowest BCUT2D eigenvalue weighted by Crippen LogP contribution is -2.29. The fraction of sp³-hybridized carbons (Fsp3) is 0.316. The molecular formula is C19H17NO. The van der Waals surface area contributed by atoms with E-state index < -0.39 is 0 Å². The highest BCUT2D eigenvalue weighted by atomic mass is 16.5. The zero-order valence-electron chi connectivity index (χ0n) is 11.9. The molecule has 0 bridgehead atoms. The van der Waals surface area contributed by atoms with Gasteiger partial charge < -0.3 is 4.74 Å². The molecule has 2 heteroatoms. The van der Waals surface area contributed by atoms with Gasteiger partial charge in [0.15, 0.2) is 0 Å². The van der Waals surface area contributed by atoms with Gasteiger partial charge in [0.1, 0.15) is 12.4 Å². The molecule has 2 aliphatic heterocycles. The van der Waals surface area contributed by atoms with Crippen LogP contribution >= 0.6 is 0 Å². The van der Waals surface area contributed by atoms with Gasteiger partial charge in [-0.3, -0.25) is 4.99 Å². The highest BCUT2D eigenvalue weighted by molar-refractivity contribution is 5.91. The van der Waals surface area contributed by atoms with Crippen molar-refractivity contribution in [2.75, 3.05) is 6.61 Å². The van der Waals surface area contributed by atoms with E-state index in [0.29, 0.717) is 6.61 Å². The van der Waals surface area contributed by atoms with Crippen LogP contribution in [0.4, 0.5) is 5.69 Å². The maximum atomic E-state index is 6.07. The molecule has 104 valence electrons. The summed E-state index contributed by atoms with van der Waals surface area (Å²) < 4.78 is 6.07. The lowest BCUT2D eigenvalue weighted by molar-refractivity contribution is 0.327. The molecule has 0 saturated carbocycles. The third kappa shape index (κ3) is 1.45. The van der Waals surface area contributed by atoms with Gasteiger partial charge in [-0.2, -0.15) is 0 Å². The van der Waals surface area contributed by atoms with Crippen molar-refractivity contribution < 1.29 is 4.74 Å². The first kappa shape index (κ1) is 11.6. The standard InChI is InChI=1S/C19H17NO/c1-2-6-14-10-18-16(9-13(14)5-1)19(12-21-18)11-20-17-8-4-3-7-15(17)19/h3-4,7-11H,1-2,5-6,12H2. The molecule has 2 nitrogen and oxygen atoms in total. The molecule has 1 aliphatic carbocycles. The maximum Gasteiger partial charge on any atom is 0.124 e. The van der Waals surface area contributed by atoms with Gasteiger partial charge in [0.2, 0.25) is 0 Å². The number of aliphatic imine (C=N–C) groups is 1. The van der Waals surface area contributed by atoms with Crippen molar-refractivity contribution in [1.29, 1.82) is 0 Å². The summed E-state index contributed by atoms with van der Waals surface area (Å²) in [6, 6.07) is 13.1. The van der Waals surface area contributed by atoms with Gasteiger partial charge in [-0.05, 0) is 54.5 Å². The topological polar surface area (TPSA) is 21.6 Å². The van der Waals surface area contributed by atoms with E-state index in [1.807, 2.05) is 0 Å². The third-order valence-electron chi connectivity index (χ3n) is 5.19. The Kier molecular flexibility index (Phi) is 2.19. The van der Waals surface area contributed by atoms with Crippen LogP contribution in [0.25, 0.3) is 0 Å². The smallest absolute Gasteiger partial charge is 0.124 e. The average Bonchev–Trinajstić information content (AvgIpc) is 3.09. The second-order valence-corrected chi connectivity index (χ2v) is 6.36. The minimum Gasteiger partial charge on any atom is -0.492 e. The molecule has 0 fully saturated rings. The predicted octanol–water partition coefficient (Wildman–Crippen LogP) is 3.96. The summed E-state index contributed by atoms with van der Waals surface area (Å²) >= 11 is 0. The van der Waals surface area contributed by atoms with Crippen LogP contribution in [0.15, 0.2) is 41.4 Å². The molecule has 21 heavy (non-hydrogen) atoms. The molecular weight excluding hydrogens is 258 g/mol. The molecule has 0 saturated heterocycles. The highest BCUT2D eigenvalue weighted by Gasteiger charge is 2.45. The second kappa shape index (κ2) is 3.97. The largest absolute Gasteiger partial charge is 0.492 e. The van der Waals surface area contributed by atoms with Gasteiger partial charge in [-0.15, -0.1) is 0 Å². The van der Waals surface area contributed by atoms with Crippen molar-refractivity contribution in [1.82, 2.24) is 0 Å². The fourth-order valence-electron chi connectivity index (χ4n) is 4.04. The monoisotopic (exact) mass is 275 g/mol. The quantitative estimate of drug-likeness (QED) is 0.713. The summed E-state index contributed by atoms with van der Waals surface area (Å²) in [6.45, 7) is 0.686. The molecule has 0 radical (unpaired) electrons. The first-order valence-electron chi connectivity index (χ1n) is 7.81. The van der Waals surface area contributed by atoms with E-state index in [-0.39, 0.29) is 5.41 Å². The zero-order chi connectivity index (χ0) is 13.9. The van der Waals surface area contributed by atoms with Crippen LogP contribution in [-0.2, 0) is 18.3 Å². The molecule has 3 aliphatic rings. The Hall–Kier alpha value is -2.09. The van der Waals surface area contributed by atoms with Gasteiger partial charge in [0, 0.05) is 11.8 Å². The van der Waals surface area contributed by atoms with Crippen molar-refractivity contribution in [3.8, 4) is 5.75 Å². The molecule has 0 N–H and O–H groups in total. The minimum absolute atomic E-state index is 0.154. The van der Waals surface area contributed by atoms with Crippen molar-refractivity contribution in [3.63, 3.8) is 0 Å². The molecule has 2 aromatic carbocycles. The van der Waals surface area contributed by atoms with Crippen LogP contribution < -0.4 is 4.74 Å². The van der Waals surface area contributed by atoms with Crippen molar-refractivity contribution in [3.05, 3.63) is 58.7 Å². The van der Waals surface area contributed by atoms with E-state index in [1.54, 1.807) is 0 Å². The number of fused-ring (bicyclic) bond motifs is 5. The SMILES string of the molecule is C1=Nc2ccccc2C12COc1cc3c(cc12)CCCC3. The lowest BCUT2D eigenvalue weighted by atomic mass is 9.76. The van der Waals surface area contributed by atoms with E-state index in [2.05, 4.69) is 47.6 Å². The Morgan fingerprint density at radius 2 is 1.76 bits per heavy atom. The number of nitrogens with zero attached hydrogens (tertiary/aromatic N) is 1. The lowest BCUT2D eigenvalue weighted by Gasteiger charge is -2.22. The second-order valence-electron chi connectivity index (χ2n) is 6.36. The number of rotatable bonds is 0. The van der Waals surface area contributed by atoms with E-state index in [9.17, 15) is 0 Å². The minimum atomic E-state index is -0.154. The van der Waals surface area contributed by atoms with Crippen molar-refractivity contribution in [2.45, 2.75) is 31.1 Å². The Balaban J connectivity index is 1.73. The Bertz CT molecular complexity index is 777. The number of aryl methyl sites for hydroxylation is 2. The van der Waals surface area contributed by atoms with Crippen LogP contribution in [0.2, 0.25) is 0 Å². The molecule has 2 heterocycles. The Morgan fingerprint density at radius 3 is 2.67 bits per heavy atom. The van der Waals surface area contributed by atoms with Gasteiger partial charge in [0.05, 0.1) is 11.1 Å². The average molecular weight is 275 g/mol. The third-order valence-corrected chi connectivity index (χ3v) is 5.19. The summed E-state index contributed by atoms with van der Waals surface area (Å²) in [6.07, 6.45) is 7.12. The fourth-order valence-corrected chi connectivity index (χ4v) is 4.04. The van der Waals surface area contributed by atoms with E-state index >= 15 is 0 Å². The molecule has 5 rings (SSSR count). The van der Waals surface area contributed by atoms with E-state index in [0.717, 1.165) is 11.4 Å². The first-order chi connectivity index (χ1) is 10.4. The van der Waals surface area contributed by atoms with Crippen LogP contribution in [0.1, 0.15) is 35.1 Å². The summed E-state index contributed by atoms with van der Waals surface area (Å²) in [5.41, 5.74) is 6.55. The van der Waals surface area contributed by atoms with Crippen LogP contribution in [0.3, 0.4) is 0 Å². The van der Waals surface area contributed by atoms with Crippen LogP contribution in [0, 0.1) is 0 Å². The summed E-state index contributed by atoms with van der Waals surface area (Å²) in [4.78, 5) is 4.64.